The third-order valence-electron chi connectivity index (χ3n) is 5.76. The molecule has 2 aromatic heterocycles. The SMILES string of the molecule is CN(Cc1cccnc1)C[C@@H]1CC12CCN(Cc1nccs1)CC2. The van der Waals surface area contributed by atoms with E-state index in [1.807, 2.05) is 24.7 Å². The van der Waals surface area contributed by atoms with Gasteiger partial charge in [0, 0.05) is 37.1 Å². The van der Waals surface area contributed by atoms with Crippen LogP contribution in [-0.2, 0) is 13.1 Å². The molecule has 1 spiro atoms. The van der Waals surface area contributed by atoms with E-state index in [0.717, 1.165) is 19.0 Å². The molecule has 2 fully saturated rings. The van der Waals surface area contributed by atoms with Gasteiger partial charge in [0.05, 0.1) is 6.54 Å². The van der Waals surface area contributed by atoms with Gasteiger partial charge in [0.1, 0.15) is 5.01 Å². The number of nitrogens with zero attached hydrogens (tertiary/aromatic N) is 4. The normalized spacial score (nSPS) is 23.0. The number of thiazole rings is 1. The lowest BCUT2D eigenvalue weighted by Crippen LogP contribution is -2.35. The molecule has 1 aliphatic carbocycles. The van der Waals surface area contributed by atoms with E-state index in [1.54, 1.807) is 11.3 Å². The molecule has 0 N–H and O–H groups in total. The minimum Gasteiger partial charge on any atom is -0.302 e. The number of pyridine rings is 1. The average Bonchev–Trinajstić information content (AvgIpc) is 3.00. The van der Waals surface area contributed by atoms with Gasteiger partial charge in [-0.1, -0.05) is 6.07 Å². The highest BCUT2D eigenvalue weighted by Gasteiger charge is 2.54. The van der Waals surface area contributed by atoms with Gasteiger partial charge < -0.3 is 4.90 Å². The third-order valence-corrected chi connectivity index (χ3v) is 6.52. The zero-order valence-electron chi connectivity index (χ0n) is 14.4. The van der Waals surface area contributed by atoms with Crippen LogP contribution in [0.25, 0.3) is 0 Å². The average molecular weight is 343 g/mol. The zero-order valence-corrected chi connectivity index (χ0v) is 15.2. The molecule has 24 heavy (non-hydrogen) atoms. The summed E-state index contributed by atoms with van der Waals surface area (Å²) in [6, 6.07) is 4.20. The molecule has 0 bridgehead atoms. The van der Waals surface area contributed by atoms with E-state index in [9.17, 15) is 0 Å². The van der Waals surface area contributed by atoms with Gasteiger partial charge in [-0.15, -0.1) is 11.3 Å². The maximum Gasteiger partial charge on any atom is 0.107 e. The molecule has 4 nitrogen and oxygen atoms in total. The van der Waals surface area contributed by atoms with E-state index in [-0.39, 0.29) is 0 Å². The second-order valence-corrected chi connectivity index (χ2v) is 8.50. The largest absolute Gasteiger partial charge is 0.302 e. The first-order valence-electron chi connectivity index (χ1n) is 8.92. The van der Waals surface area contributed by atoms with Crippen LogP contribution in [0.2, 0.25) is 0 Å². The number of hydrogen-bond acceptors (Lipinski definition) is 5. The van der Waals surface area contributed by atoms with Gasteiger partial charge in [0.2, 0.25) is 0 Å². The van der Waals surface area contributed by atoms with Crippen LogP contribution in [0.1, 0.15) is 29.8 Å². The van der Waals surface area contributed by atoms with Crippen molar-refractivity contribution < 1.29 is 0 Å². The van der Waals surface area contributed by atoms with Gasteiger partial charge in [-0.25, -0.2) is 4.98 Å². The highest BCUT2D eigenvalue weighted by Crippen LogP contribution is 2.59. The Hall–Kier alpha value is -1.30. The topological polar surface area (TPSA) is 32.3 Å². The summed E-state index contributed by atoms with van der Waals surface area (Å²) in [6.45, 7) is 5.75. The fourth-order valence-electron chi connectivity index (χ4n) is 4.23. The van der Waals surface area contributed by atoms with E-state index in [2.05, 4.69) is 38.3 Å². The number of hydrogen-bond donors (Lipinski definition) is 0. The lowest BCUT2D eigenvalue weighted by Gasteiger charge is -2.33. The van der Waals surface area contributed by atoms with Crippen molar-refractivity contribution in [1.29, 1.82) is 0 Å². The van der Waals surface area contributed by atoms with E-state index in [1.165, 1.54) is 49.5 Å². The van der Waals surface area contributed by atoms with Crippen LogP contribution >= 0.6 is 11.3 Å². The summed E-state index contributed by atoms with van der Waals surface area (Å²) in [5.41, 5.74) is 1.95. The van der Waals surface area contributed by atoms with Crippen LogP contribution in [0.3, 0.4) is 0 Å². The highest BCUT2D eigenvalue weighted by atomic mass is 32.1. The molecule has 4 rings (SSSR count). The van der Waals surface area contributed by atoms with Gasteiger partial charge >= 0.3 is 0 Å². The summed E-state index contributed by atoms with van der Waals surface area (Å²) in [7, 11) is 2.25. The van der Waals surface area contributed by atoms with Gasteiger partial charge in [0.15, 0.2) is 0 Å². The maximum atomic E-state index is 4.42. The Kier molecular flexibility index (Phi) is 4.66. The van der Waals surface area contributed by atoms with Crippen LogP contribution in [0.5, 0.6) is 0 Å². The molecule has 2 aliphatic rings. The van der Waals surface area contributed by atoms with Crippen LogP contribution in [0.4, 0.5) is 0 Å². The summed E-state index contributed by atoms with van der Waals surface area (Å²) < 4.78 is 0. The Labute approximate surface area is 148 Å². The molecule has 1 aliphatic heterocycles. The lowest BCUT2D eigenvalue weighted by atomic mass is 9.90. The molecule has 1 atom stereocenters. The third kappa shape index (κ3) is 3.68. The van der Waals surface area contributed by atoms with Crippen LogP contribution in [0.15, 0.2) is 36.1 Å². The first-order valence-corrected chi connectivity index (χ1v) is 9.80. The summed E-state index contributed by atoms with van der Waals surface area (Å²) in [4.78, 5) is 13.7. The van der Waals surface area contributed by atoms with Crippen molar-refractivity contribution in [3.63, 3.8) is 0 Å². The minimum absolute atomic E-state index is 0.641. The molecule has 5 heteroatoms. The van der Waals surface area contributed by atoms with Crippen LogP contribution in [0, 0.1) is 11.3 Å². The van der Waals surface area contributed by atoms with Crippen molar-refractivity contribution in [2.45, 2.75) is 32.4 Å². The summed E-state index contributed by atoms with van der Waals surface area (Å²) in [6.07, 6.45) is 9.90. The zero-order chi connectivity index (χ0) is 16.4. The Balaban J connectivity index is 1.23. The Bertz CT molecular complexity index is 635. The molecule has 0 amide bonds. The smallest absolute Gasteiger partial charge is 0.107 e. The van der Waals surface area contributed by atoms with Gasteiger partial charge in [0.25, 0.3) is 0 Å². The molecule has 1 saturated heterocycles. The van der Waals surface area contributed by atoms with E-state index in [4.69, 9.17) is 0 Å². The molecule has 0 unspecified atom stereocenters. The minimum atomic E-state index is 0.641. The number of likely N-dealkylation sites (tertiary alicyclic amines) is 1. The lowest BCUT2D eigenvalue weighted by molar-refractivity contribution is 0.149. The highest BCUT2D eigenvalue weighted by molar-refractivity contribution is 7.09. The predicted octanol–water partition coefficient (Wildman–Crippen LogP) is 3.27. The molecule has 0 aromatic carbocycles. The fourth-order valence-corrected chi connectivity index (χ4v) is 4.88. The second-order valence-electron chi connectivity index (χ2n) is 7.52. The summed E-state index contributed by atoms with van der Waals surface area (Å²) in [5.74, 6) is 0.890. The van der Waals surface area contributed by atoms with Crippen LogP contribution < -0.4 is 0 Å². The van der Waals surface area contributed by atoms with E-state index >= 15 is 0 Å². The monoisotopic (exact) mass is 342 g/mol. The molecule has 2 aromatic rings. The molecular formula is C19H26N4S. The van der Waals surface area contributed by atoms with Crippen molar-refractivity contribution in [3.8, 4) is 0 Å². The standard InChI is InChI=1S/C19H26N4S/c1-22(13-16-3-2-6-20-12-16)14-17-11-19(17)4-8-23(9-5-19)15-18-21-7-10-24-18/h2-3,6-7,10,12,17H,4-5,8-9,11,13-15H2,1H3/t17-/m0/s1. The van der Waals surface area contributed by atoms with E-state index < -0.39 is 0 Å². The number of piperidine rings is 1. The van der Waals surface area contributed by atoms with Crippen LogP contribution in [-0.4, -0.2) is 46.4 Å². The number of aromatic nitrogens is 2. The molecule has 1 saturated carbocycles. The van der Waals surface area contributed by atoms with Gasteiger partial charge in [-0.3, -0.25) is 9.88 Å². The number of rotatable bonds is 6. The second kappa shape index (κ2) is 6.90. The fraction of sp³-hybridized carbons (Fsp3) is 0.579. The molecule has 0 radical (unpaired) electrons. The molecule has 3 heterocycles. The summed E-state index contributed by atoms with van der Waals surface area (Å²) in [5, 5.41) is 3.34. The van der Waals surface area contributed by atoms with Crippen molar-refractivity contribution in [3.05, 3.63) is 46.7 Å². The quantitative estimate of drug-likeness (QED) is 0.806. The van der Waals surface area contributed by atoms with Gasteiger partial charge in [-0.2, -0.15) is 0 Å². The Morgan fingerprint density at radius 1 is 1.33 bits per heavy atom. The summed E-state index contributed by atoms with van der Waals surface area (Å²) >= 11 is 1.78. The van der Waals surface area contributed by atoms with Crippen molar-refractivity contribution in [2.24, 2.45) is 11.3 Å². The van der Waals surface area contributed by atoms with Crippen molar-refractivity contribution in [2.75, 3.05) is 26.7 Å². The van der Waals surface area contributed by atoms with Crippen molar-refractivity contribution >= 4 is 11.3 Å². The van der Waals surface area contributed by atoms with E-state index in [0.29, 0.717) is 5.41 Å². The molecular weight excluding hydrogens is 316 g/mol. The van der Waals surface area contributed by atoms with Crippen molar-refractivity contribution in [1.82, 2.24) is 19.8 Å². The first-order chi connectivity index (χ1) is 11.7. The molecule has 128 valence electrons. The first kappa shape index (κ1) is 16.2. The Morgan fingerprint density at radius 2 is 2.21 bits per heavy atom. The van der Waals surface area contributed by atoms with Gasteiger partial charge in [-0.05, 0) is 62.4 Å². The Morgan fingerprint density at radius 3 is 2.92 bits per heavy atom. The maximum absolute atomic E-state index is 4.42. The predicted molar refractivity (Wildman–Crippen MR) is 97.7 cm³/mol.